The Morgan fingerprint density at radius 2 is 1.55 bits per heavy atom. The third-order valence-corrected chi connectivity index (χ3v) is 6.99. The van der Waals surface area contributed by atoms with Crippen LogP contribution in [0.15, 0.2) is 79.0 Å². The highest BCUT2D eigenvalue weighted by atomic mass is 19.1. The second-order valence-electron chi connectivity index (χ2n) is 9.90. The summed E-state index contributed by atoms with van der Waals surface area (Å²) in [6, 6.07) is 22.0. The first kappa shape index (κ1) is 25.6. The molecule has 4 heterocycles. The Kier molecular flexibility index (Phi) is 7.20. The third kappa shape index (κ3) is 5.84. The Morgan fingerprint density at radius 1 is 0.875 bits per heavy atom. The number of ether oxygens (including phenoxy) is 1. The molecule has 3 aromatic heterocycles. The maximum Gasteiger partial charge on any atom is 0.247 e. The number of carbonyl (C=O) groups excluding carboxylic acids is 1. The molecule has 1 N–H and O–H groups in total. The molecule has 0 unspecified atom stereocenters. The zero-order chi connectivity index (χ0) is 27.5. The van der Waals surface area contributed by atoms with Crippen molar-refractivity contribution in [3.05, 3.63) is 102 Å². The van der Waals surface area contributed by atoms with Crippen LogP contribution >= 0.6 is 0 Å². The van der Waals surface area contributed by atoms with Crippen LogP contribution in [-0.4, -0.2) is 51.7 Å². The Balaban J connectivity index is 1.12. The minimum Gasteiger partial charge on any atom is -0.378 e. The minimum absolute atomic E-state index is 0.0876. The molecule has 1 fully saturated rings. The van der Waals surface area contributed by atoms with Crippen LogP contribution in [0.1, 0.15) is 16.8 Å². The van der Waals surface area contributed by atoms with Crippen LogP contribution in [0.3, 0.4) is 0 Å². The highest BCUT2D eigenvalue weighted by molar-refractivity contribution is 5.83. The van der Waals surface area contributed by atoms with Crippen molar-refractivity contribution in [2.24, 2.45) is 0 Å². The molecule has 0 spiro atoms. The maximum absolute atomic E-state index is 13.1. The molecule has 40 heavy (non-hydrogen) atoms. The lowest BCUT2D eigenvalue weighted by Gasteiger charge is -2.28. The van der Waals surface area contributed by atoms with E-state index in [4.69, 9.17) is 9.72 Å². The Labute approximate surface area is 231 Å². The standard InChI is InChI=1S/C31H29FN6O2/c1-21-28(11-13-29(33-21)37-14-16-40-17-15-37)34-31-35-30-12-8-25(20-38(30)36-31)24-6-2-22(3-7-24)18-27(39)19-23-4-9-26(32)10-5-23/h2-13,20H,14-19H2,1H3,(H,34,36). The molecule has 0 bridgehead atoms. The van der Waals surface area contributed by atoms with Gasteiger partial charge in [0.25, 0.3) is 0 Å². The number of benzene rings is 2. The zero-order valence-corrected chi connectivity index (χ0v) is 22.2. The number of aryl methyl sites for hydroxylation is 1. The van der Waals surface area contributed by atoms with Crippen LogP contribution in [0.25, 0.3) is 16.8 Å². The second-order valence-corrected chi connectivity index (χ2v) is 9.90. The smallest absolute Gasteiger partial charge is 0.247 e. The molecule has 0 radical (unpaired) electrons. The van der Waals surface area contributed by atoms with E-state index < -0.39 is 0 Å². The number of aromatic nitrogens is 4. The summed E-state index contributed by atoms with van der Waals surface area (Å²) in [5.41, 5.74) is 6.21. The van der Waals surface area contributed by atoms with E-state index in [1.54, 1.807) is 16.6 Å². The number of anilines is 3. The van der Waals surface area contributed by atoms with Gasteiger partial charge in [-0.1, -0.05) is 36.4 Å². The number of carbonyl (C=O) groups is 1. The molecular weight excluding hydrogens is 507 g/mol. The average Bonchev–Trinajstić information content (AvgIpc) is 3.38. The largest absolute Gasteiger partial charge is 0.378 e. The molecule has 8 nitrogen and oxygen atoms in total. The van der Waals surface area contributed by atoms with E-state index in [9.17, 15) is 9.18 Å². The van der Waals surface area contributed by atoms with Crippen molar-refractivity contribution in [3.8, 4) is 11.1 Å². The maximum atomic E-state index is 13.1. The van der Waals surface area contributed by atoms with E-state index in [0.29, 0.717) is 12.4 Å². The Hall–Kier alpha value is -4.63. The molecule has 0 saturated carbocycles. The highest BCUT2D eigenvalue weighted by Crippen LogP contribution is 2.24. The van der Waals surface area contributed by atoms with Gasteiger partial charge in [0.05, 0.1) is 24.6 Å². The number of hydrogen-bond donors (Lipinski definition) is 1. The van der Waals surface area contributed by atoms with Crippen LogP contribution < -0.4 is 10.2 Å². The number of nitrogens with one attached hydrogen (secondary N) is 1. The zero-order valence-electron chi connectivity index (χ0n) is 22.2. The number of ketones is 1. The van der Waals surface area contributed by atoms with Gasteiger partial charge >= 0.3 is 0 Å². The number of nitrogens with zero attached hydrogens (tertiary/aromatic N) is 5. The van der Waals surface area contributed by atoms with E-state index in [1.165, 1.54) is 12.1 Å². The van der Waals surface area contributed by atoms with Gasteiger partial charge in [-0.3, -0.25) is 4.79 Å². The normalized spacial score (nSPS) is 13.5. The molecule has 1 aliphatic rings. The number of morpholine rings is 1. The van der Waals surface area contributed by atoms with Gasteiger partial charge in [0.15, 0.2) is 5.65 Å². The predicted molar refractivity (Wildman–Crippen MR) is 153 cm³/mol. The molecule has 0 atom stereocenters. The van der Waals surface area contributed by atoms with Gasteiger partial charge in [-0.15, -0.1) is 5.10 Å². The van der Waals surface area contributed by atoms with Crippen molar-refractivity contribution >= 4 is 28.9 Å². The molecule has 6 rings (SSSR count). The molecule has 1 saturated heterocycles. The molecule has 1 aliphatic heterocycles. The van der Waals surface area contributed by atoms with Crippen molar-refractivity contribution in [3.63, 3.8) is 0 Å². The lowest BCUT2D eigenvalue weighted by molar-refractivity contribution is -0.117. The first-order chi connectivity index (χ1) is 19.5. The van der Waals surface area contributed by atoms with Gasteiger partial charge in [0.2, 0.25) is 5.95 Å². The molecule has 9 heteroatoms. The van der Waals surface area contributed by atoms with Gasteiger partial charge in [-0.05, 0) is 60.0 Å². The van der Waals surface area contributed by atoms with E-state index in [0.717, 1.165) is 71.4 Å². The van der Waals surface area contributed by atoms with Crippen LogP contribution in [0.5, 0.6) is 0 Å². The number of pyridine rings is 2. The summed E-state index contributed by atoms with van der Waals surface area (Å²) in [4.78, 5) is 24.1. The number of hydrogen-bond acceptors (Lipinski definition) is 7. The molecule has 2 aromatic carbocycles. The fraction of sp³-hybridized carbons (Fsp3) is 0.226. The van der Waals surface area contributed by atoms with Gasteiger partial charge in [-0.2, -0.15) is 4.98 Å². The van der Waals surface area contributed by atoms with Crippen LogP contribution in [-0.2, 0) is 22.4 Å². The number of rotatable bonds is 8. The number of Topliss-reactive ketones (excluding diaryl/α,β-unsaturated/α-hetero) is 1. The van der Waals surface area contributed by atoms with E-state index in [1.807, 2.05) is 61.7 Å². The number of fused-ring (bicyclic) bond motifs is 1. The molecule has 5 aromatic rings. The predicted octanol–water partition coefficient (Wildman–Crippen LogP) is 5.17. The molecule has 202 valence electrons. The first-order valence-corrected chi connectivity index (χ1v) is 13.3. The first-order valence-electron chi connectivity index (χ1n) is 13.3. The summed E-state index contributed by atoms with van der Waals surface area (Å²) in [7, 11) is 0. The minimum atomic E-state index is -0.301. The summed E-state index contributed by atoms with van der Waals surface area (Å²) in [6.07, 6.45) is 2.56. The van der Waals surface area contributed by atoms with Crippen molar-refractivity contribution in [1.82, 2.24) is 19.6 Å². The molecule has 0 amide bonds. The van der Waals surface area contributed by atoms with Gasteiger partial charge in [0, 0.05) is 37.7 Å². The van der Waals surface area contributed by atoms with Crippen molar-refractivity contribution in [2.75, 3.05) is 36.5 Å². The fourth-order valence-electron chi connectivity index (χ4n) is 4.81. The lowest BCUT2D eigenvalue weighted by Crippen LogP contribution is -2.36. The van der Waals surface area contributed by atoms with Gasteiger partial charge in [0.1, 0.15) is 17.4 Å². The van der Waals surface area contributed by atoms with E-state index in [2.05, 4.69) is 20.3 Å². The van der Waals surface area contributed by atoms with Crippen LogP contribution in [0.2, 0.25) is 0 Å². The average molecular weight is 537 g/mol. The summed E-state index contributed by atoms with van der Waals surface area (Å²) >= 11 is 0. The van der Waals surface area contributed by atoms with Crippen molar-refractivity contribution in [2.45, 2.75) is 19.8 Å². The van der Waals surface area contributed by atoms with Crippen LogP contribution in [0.4, 0.5) is 21.8 Å². The second kappa shape index (κ2) is 11.2. The van der Waals surface area contributed by atoms with E-state index in [-0.39, 0.29) is 18.0 Å². The van der Waals surface area contributed by atoms with Crippen molar-refractivity contribution in [1.29, 1.82) is 0 Å². The molecule has 0 aliphatic carbocycles. The SMILES string of the molecule is Cc1nc(N2CCOCC2)ccc1Nc1nc2ccc(-c3ccc(CC(=O)Cc4ccc(F)cc4)cc3)cn2n1. The summed E-state index contributed by atoms with van der Waals surface area (Å²) < 4.78 is 20.3. The lowest BCUT2D eigenvalue weighted by atomic mass is 10.0. The summed E-state index contributed by atoms with van der Waals surface area (Å²) in [5, 5.41) is 7.92. The van der Waals surface area contributed by atoms with Crippen LogP contribution in [0, 0.1) is 12.7 Å². The Morgan fingerprint density at radius 3 is 2.25 bits per heavy atom. The highest BCUT2D eigenvalue weighted by Gasteiger charge is 2.14. The van der Waals surface area contributed by atoms with Gasteiger partial charge < -0.3 is 15.0 Å². The fourth-order valence-corrected chi connectivity index (χ4v) is 4.81. The third-order valence-electron chi connectivity index (χ3n) is 6.99. The monoisotopic (exact) mass is 536 g/mol. The van der Waals surface area contributed by atoms with E-state index >= 15 is 0 Å². The number of halogens is 1. The topological polar surface area (TPSA) is 84.6 Å². The quantitative estimate of drug-likeness (QED) is 0.293. The Bertz CT molecular complexity index is 1640. The van der Waals surface area contributed by atoms with Crippen molar-refractivity contribution < 1.29 is 13.9 Å². The summed E-state index contributed by atoms with van der Waals surface area (Å²) in [5.74, 6) is 1.23. The summed E-state index contributed by atoms with van der Waals surface area (Å²) in [6.45, 7) is 5.09. The van der Waals surface area contributed by atoms with Gasteiger partial charge in [-0.25, -0.2) is 13.9 Å². The molecular formula is C31H29FN6O2.